The third-order valence-electron chi connectivity index (χ3n) is 11.8. The van der Waals surface area contributed by atoms with Crippen LogP contribution in [0.1, 0.15) is 74.2 Å². The van der Waals surface area contributed by atoms with Gasteiger partial charge in [-0.3, -0.25) is 0 Å². The van der Waals surface area contributed by atoms with Crippen molar-refractivity contribution in [3.8, 4) is 56.8 Å². The summed E-state index contributed by atoms with van der Waals surface area (Å²) in [6, 6.07) is 45.1. The number of allylic oxidation sites excluding steroid dienone is 4. The second-order valence-electron chi connectivity index (χ2n) is 15.6. The van der Waals surface area contributed by atoms with Crippen molar-refractivity contribution >= 4 is 27.4 Å². The number of aryl methyl sites for hydroxylation is 2. The normalized spacial score (nSPS) is 13.7. The molecule has 0 unspecified atom stereocenters. The Hall–Kier alpha value is -6.90. The lowest BCUT2D eigenvalue weighted by atomic mass is 9.82. The summed E-state index contributed by atoms with van der Waals surface area (Å²) in [6.45, 7) is 13.1. The van der Waals surface area contributed by atoms with Crippen LogP contribution in [0, 0.1) is 25.2 Å². The Labute approximate surface area is 340 Å². The largest absolute Gasteiger partial charge is 0.309 e. The topological polar surface area (TPSA) is 67.4 Å². The molecule has 2 aliphatic carbocycles. The number of hydrogen-bond donors (Lipinski definition) is 0. The minimum Gasteiger partial charge on any atom is -0.309 e. The first-order chi connectivity index (χ1) is 28.3. The summed E-state index contributed by atoms with van der Waals surface area (Å²) in [7, 11) is 0. The number of aromatic nitrogens is 4. The van der Waals surface area contributed by atoms with Crippen molar-refractivity contribution < 1.29 is 0 Å². The first-order valence-corrected chi connectivity index (χ1v) is 20.3. The van der Waals surface area contributed by atoms with Crippen molar-refractivity contribution in [1.29, 1.82) is 5.26 Å². The predicted octanol–water partition coefficient (Wildman–Crippen LogP) is 13.5. The van der Waals surface area contributed by atoms with Crippen molar-refractivity contribution in [3.05, 3.63) is 173 Å². The molecule has 58 heavy (non-hydrogen) atoms. The van der Waals surface area contributed by atoms with Crippen molar-refractivity contribution in [3.63, 3.8) is 0 Å². The molecule has 0 saturated heterocycles. The lowest BCUT2D eigenvalue weighted by molar-refractivity contribution is 0.660. The van der Waals surface area contributed by atoms with Gasteiger partial charge in [0, 0.05) is 38.6 Å². The Morgan fingerprint density at radius 2 is 1.33 bits per heavy atom. The zero-order valence-electron chi connectivity index (χ0n) is 33.9. The van der Waals surface area contributed by atoms with E-state index >= 15 is 0 Å². The highest BCUT2D eigenvalue weighted by molar-refractivity contribution is 6.14. The van der Waals surface area contributed by atoms with Gasteiger partial charge in [0.25, 0.3) is 0 Å². The molecule has 2 heterocycles. The van der Waals surface area contributed by atoms with Gasteiger partial charge in [-0.2, -0.15) is 5.26 Å². The lowest BCUT2D eigenvalue weighted by Gasteiger charge is -2.22. The number of rotatable bonds is 5. The van der Waals surface area contributed by atoms with E-state index in [1.165, 1.54) is 44.1 Å². The van der Waals surface area contributed by atoms with Gasteiger partial charge in [0.15, 0.2) is 17.5 Å². The van der Waals surface area contributed by atoms with Crippen molar-refractivity contribution in [2.24, 2.45) is 0 Å². The number of benzene rings is 6. The zero-order valence-corrected chi connectivity index (χ0v) is 33.9. The summed E-state index contributed by atoms with van der Waals surface area (Å²) in [5, 5.41) is 12.1. The van der Waals surface area contributed by atoms with Crippen LogP contribution < -0.4 is 0 Å². The molecule has 0 spiro atoms. The maximum absolute atomic E-state index is 9.63. The molecule has 0 amide bonds. The Morgan fingerprint density at radius 3 is 2.09 bits per heavy atom. The van der Waals surface area contributed by atoms with Gasteiger partial charge in [-0.25, -0.2) is 15.0 Å². The van der Waals surface area contributed by atoms with Crippen molar-refractivity contribution in [2.45, 2.75) is 59.8 Å². The van der Waals surface area contributed by atoms with Crippen LogP contribution in [0.5, 0.6) is 0 Å². The molecule has 5 heteroatoms. The maximum atomic E-state index is 9.63. The summed E-state index contributed by atoms with van der Waals surface area (Å²) in [5.74, 6) is 1.93. The summed E-state index contributed by atoms with van der Waals surface area (Å²) < 4.78 is 2.42. The lowest BCUT2D eigenvalue weighted by Crippen LogP contribution is -2.15. The average molecular weight is 752 g/mol. The summed E-state index contributed by atoms with van der Waals surface area (Å²) in [5.41, 5.74) is 16.5. The van der Waals surface area contributed by atoms with Gasteiger partial charge in [-0.15, -0.1) is 0 Å². The summed E-state index contributed by atoms with van der Waals surface area (Å²) in [4.78, 5) is 15.5. The summed E-state index contributed by atoms with van der Waals surface area (Å²) in [6.07, 6.45) is 8.49. The van der Waals surface area contributed by atoms with Crippen LogP contribution in [0.15, 0.2) is 140 Å². The van der Waals surface area contributed by atoms with Crippen LogP contribution in [0.2, 0.25) is 0 Å². The minimum absolute atomic E-state index is 0.156. The molecule has 8 aromatic rings. The van der Waals surface area contributed by atoms with Gasteiger partial charge < -0.3 is 4.57 Å². The van der Waals surface area contributed by atoms with Gasteiger partial charge >= 0.3 is 0 Å². The fourth-order valence-corrected chi connectivity index (χ4v) is 8.97. The highest BCUT2D eigenvalue weighted by atomic mass is 15.0. The molecule has 0 radical (unpaired) electrons. The van der Waals surface area contributed by atoms with Crippen molar-refractivity contribution in [2.75, 3.05) is 0 Å². The van der Waals surface area contributed by atoms with E-state index < -0.39 is 0 Å². The van der Waals surface area contributed by atoms with E-state index in [4.69, 9.17) is 15.0 Å². The molecule has 0 fully saturated rings. The number of para-hydroxylation sites is 1. The number of hydrogen-bond acceptors (Lipinski definition) is 4. The van der Waals surface area contributed by atoms with E-state index in [0.717, 1.165) is 57.4 Å². The molecule has 5 nitrogen and oxygen atoms in total. The SMILES string of the molecule is CC.Cc1ccccc1-c1nc(C2=CCCC=C2)nc(-c2cc(-c3ccc(C#N)cc3)cc(-n3c4ccccc4c4c(C)c5c(cc43)C(C)(C)c3ccccc3-5)c2)n1. The van der Waals surface area contributed by atoms with Crippen LogP contribution in [0.3, 0.4) is 0 Å². The molecule has 282 valence electrons. The van der Waals surface area contributed by atoms with Crippen LogP contribution in [0.25, 0.3) is 78.1 Å². The van der Waals surface area contributed by atoms with Gasteiger partial charge in [0.1, 0.15) is 0 Å². The van der Waals surface area contributed by atoms with E-state index in [9.17, 15) is 5.26 Å². The van der Waals surface area contributed by atoms with Crippen molar-refractivity contribution in [1.82, 2.24) is 19.5 Å². The molecule has 0 N–H and O–H groups in total. The van der Waals surface area contributed by atoms with Crippen LogP contribution >= 0.6 is 0 Å². The molecular weight excluding hydrogens is 707 g/mol. The molecule has 0 atom stereocenters. The smallest absolute Gasteiger partial charge is 0.164 e. The maximum Gasteiger partial charge on any atom is 0.164 e. The van der Waals surface area contributed by atoms with E-state index in [0.29, 0.717) is 23.0 Å². The minimum atomic E-state index is -0.156. The first-order valence-electron chi connectivity index (χ1n) is 20.3. The quantitative estimate of drug-likeness (QED) is 0.176. The van der Waals surface area contributed by atoms with Crippen LogP contribution in [-0.4, -0.2) is 19.5 Å². The molecule has 10 rings (SSSR count). The Bertz CT molecular complexity index is 3020. The average Bonchev–Trinajstić information content (AvgIpc) is 3.73. The van der Waals surface area contributed by atoms with Gasteiger partial charge in [-0.1, -0.05) is 125 Å². The third kappa shape index (κ3) is 5.96. The highest BCUT2D eigenvalue weighted by Crippen LogP contribution is 2.53. The molecule has 0 bridgehead atoms. The highest BCUT2D eigenvalue weighted by Gasteiger charge is 2.37. The third-order valence-corrected chi connectivity index (χ3v) is 11.8. The number of fused-ring (bicyclic) bond motifs is 6. The fourth-order valence-electron chi connectivity index (χ4n) is 8.97. The first kappa shape index (κ1) is 36.7. The summed E-state index contributed by atoms with van der Waals surface area (Å²) >= 11 is 0. The van der Waals surface area contributed by atoms with E-state index in [1.807, 2.05) is 50.2 Å². The van der Waals surface area contributed by atoms with E-state index in [1.54, 1.807) is 0 Å². The van der Waals surface area contributed by atoms with Gasteiger partial charge in [0.05, 0.1) is 22.7 Å². The monoisotopic (exact) mass is 751 g/mol. The Kier molecular flexibility index (Phi) is 9.21. The number of nitrogens with zero attached hydrogens (tertiary/aromatic N) is 5. The predicted molar refractivity (Wildman–Crippen MR) is 240 cm³/mol. The van der Waals surface area contributed by atoms with E-state index in [-0.39, 0.29) is 5.41 Å². The molecule has 2 aromatic heterocycles. The Balaban J connectivity index is 0.00000215. The molecule has 2 aliphatic rings. The number of nitriles is 1. The Morgan fingerprint density at radius 1 is 0.638 bits per heavy atom. The molecular formula is C53H45N5. The van der Waals surface area contributed by atoms with Gasteiger partial charge in [0.2, 0.25) is 0 Å². The van der Waals surface area contributed by atoms with E-state index in [2.05, 4.69) is 141 Å². The second-order valence-corrected chi connectivity index (χ2v) is 15.6. The van der Waals surface area contributed by atoms with Crippen LogP contribution in [-0.2, 0) is 5.41 Å². The fraction of sp³-hybridized carbons (Fsp3) is 0.170. The standard InChI is InChI=1S/C51H39N5.C2H6/c1-31-14-8-9-17-39(31)50-54-48(35-15-6-5-7-16-35)53-49(55-50)37-26-36(34-24-22-33(30-52)23-25-34)27-38(28-37)56-44-21-13-11-19-41(44)47-32(2)46-40-18-10-12-20-42(40)51(3,4)43(46)29-45(47)56;1-2/h6,8-29H,5,7H2,1-4H3;1-2H3. The van der Waals surface area contributed by atoms with Gasteiger partial charge in [-0.05, 0) is 114 Å². The second kappa shape index (κ2) is 14.6. The van der Waals surface area contributed by atoms with Crippen LogP contribution in [0.4, 0.5) is 0 Å². The molecule has 0 aliphatic heterocycles. The zero-order chi connectivity index (χ0) is 40.1. The molecule has 6 aromatic carbocycles. The molecule has 0 saturated carbocycles.